The highest BCUT2D eigenvalue weighted by Gasteiger charge is 2.22. The largest absolute Gasteiger partial charge is 0.342 e. The molecule has 0 bridgehead atoms. The van der Waals surface area contributed by atoms with Gasteiger partial charge in [-0.25, -0.2) is 8.42 Å². The highest BCUT2D eigenvalue weighted by Crippen LogP contribution is 2.33. The standard InChI is InChI=1S/C12H14Cl3NO3S/c1-3-4-5-16(2)12(17)8-6-9(13)11(14)10(7-8)20(15,18)19/h6-7H,3-5H2,1-2H3. The molecule has 0 atom stereocenters. The van der Waals surface area contributed by atoms with Crippen LogP contribution in [-0.2, 0) is 9.05 Å². The molecule has 0 heterocycles. The lowest BCUT2D eigenvalue weighted by Crippen LogP contribution is -2.27. The van der Waals surface area contributed by atoms with Gasteiger partial charge in [-0.2, -0.15) is 0 Å². The molecule has 0 N–H and O–H groups in total. The molecule has 1 amide bonds. The van der Waals surface area contributed by atoms with E-state index in [1.54, 1.807) is 7.05 Å². The number of hydrogen-bond donors (Lipinski definition) is 0. The molecule has 0 unspecified atom stereocenters. The monoisotopic (exact) mass is 357 g/mol. The second kappa shape index (κ2) is 6.98. The molecule has 0 spiro atoms. The van der Waals surface area contributed by atoms with Crippen LogP contribution in [0.2, 0.25) is 10.0 Å². The first-order valence-electron chi connectivity index (χ1n) is 5.87. The van der Waals surface area contributed by atoms with Gasteiger partial charge in [0.1, 0.15) is 4.90 Å². The number of rotatable bonds is 5. The fourth-order valence-electron chi connectivity index (χ4n) is 1.58. The number of hydrogen-bond acceptors (Lipinski definition) is 3. The predicted molar refractivity (Wildman–Crippen MR) is 81.4 cm³/mol. The number of benzene rings is 1. The van der Waals surface area contributed by atoms with E-state index in [2.05, 4.69) is 0 Å². The first-order chi connectivity index (χ1) is 9.18. The third-order valence-electron chi connectivity index (χ3n) is 2.70. The average molecular weight is 359 g/mol. The van der Waals surface area contributed by atoms with Crippen LogP contribution >= 0.6 is 33.9 Å². The van der Waals surface area contributed by atoms with Crippen molar-refractivity contribution in [1.82, 2.24) is 4.90 Å². The molecule has 0 saturated carbocycles. The van der Waals surface area contributed by atoms with Gasteiger partial charge in [0.25, 0.3) is 15.0 Å². The number of halogens is 3. The van der Waals surface area contributed by atoms with Crippen LogP contribution in [0.25, 0.3) is 0 Å². The summed E-state index contributed by atoms with van der Waals surface area (Å²) in [5, 5.41) is -0.213. The quantitative estimate of drug-likeness (QED) is 0.752. The lowest BCUT2D eigenvalue weighted by atomic mass is 10.2. The molecule has 0 saturated heterocycles. The summed E-state index contributed by atoms with van der Waals surface area (Å²) in [7, 11) is 2.84. The average Bonchev–Trinajstić information content (AvgIpc) is 2.36. The third-order valence-corrected chi connectivity index (χ3v) is 4.96. The first-order valence-corrected chi connectivity index (χ1v) is 8.94. The van der Waals surface area contributed by atoms with Gasteiger partial charge in [0, 0.05) is 29.8 Å². The summed E-state index contributed by atoms with van der Waals surface area (Å²) in [6.07, 6.45) is 1.80. The summed E-state index contributed by atoms with van der Waals surface area (Å²) >= 11 is 11.6. The van der Waals surface area contributed by atoms with Crippen LogP contribution in [0, 0.1) is 0 Å². The molecule has 8 heteroatoms. The smallest absolute Gasteiger partial charge is 0.262 e. The fraction of sp³-hybridized carbons (Fsp3) is 0.417. The van der Waals surface area contributed by atoms with E-state index in [4.69, 9.17) is 33.9 Å². The van der Waals surface area contributed by atoms with Crippen LogP contribution in [-0.4, -0.2) is 32.8 Å². The maximum absolute atomic E-state index is 12.2. The van der Waals surface area contributed by atoms with Crippen molar-refractivity contribution in [2.24, 2.45) is 0 Å². The Morgan fingerprint density at radius 1 is 1.30 bits per heavy atom. The van der Waals surface area contributed by atoms with E-state index in [1.807, 2.05) is 6.92 Å². The Hall–Kier alpha value is -0.490. The Kier molecular flexibility index (Phi) is 6.13. The minimum atomic E-state index is -4.07. The normalized spacial score (nSPS) is 11.4. The maximum atomic E-state index is 12.2. The molecule has 112 valence electrons. The van der Waals surface area contributed by atoms with Crippen molar-refractivity contribution in [2.75, 3.05) is 13.6 Å². The van der Waals surface area contributed by atoms with Crippen molar-refractivity contribution >= 4 is 48.8 Å². The van der Waals surface area contributed by atoms with Crippen molar-refractivity contribution in [3.05, 3.63) is 27.7 Å². The Balaban J connectivity index is 3.21. The summed E-state index contributed by atoms with van der Waals surface area (Å²) in [4.78, 5) is 13.3. The highest BCUT2D eigenvalue weighted by atomic mass is 35.7. The minimum Gasteiger partial charge on any atom is -0.342 e. The maximum Gasteiger partial charge on any atom is 0.262 e. The van der Waals surface area contributed by atoms with E-state index in [-0.39, 0.29) is 26.4 Å². The molecule has 1 aromatic rings. The molecule has 0 aromatic heterocycles. The Labute approximate surface area is 133 Å². The van der Waals surface area contributed by atoms with Gasteiger partial charge in [-0.15, -0.1) is 0 Å². The van der Waals surface area contributed by atoms with E-state index in [9.17, 15) is 13.2 Å². The van der Waals surface area contributed by atoms with Crippen LogP contribution in [0.5, 0.6) is 0 Å². The summed E-state index contributed by atoms with van der Waals surface area (Å²) in [6.45, 7) is 2.58. The van der Waals surface area contributed by atoms with Gasteiger partial charge >= 0.3 is 0 Å². The van der Waals surface area contributed by atoms with Gasteiger partial charge in [0.15, 0.2) is 0 Å². The molecular formula is C12H14Cl3NO3S. The predicted octanol–water partition coefficient (Wildman–Crippen LogP) is 3.79. The van der Waals surface area contributed by atoms with Crippen LogP contribution < -0.4 is 0 Å². The summed E-state index contributed by atoms with van der Waals surface area (Å²) in [5.74, 6) is -0.335. The third kappa shape index (κ3) is 4.25. The van der Waals surface area contributed by atoms with Gasteiger partial charge in [0.05, 0.1) is 10.0 Å². The minimum absolute atomic E-state index is 0.0272. The van der Waals surface area contributed by atoms with E-state index in [0.717, 1.165) is 18.9 Å². The van der Waals surface area contributed by atoms with Crippen molar-refractivity contribution in [1.29, 1.82) is 0 Å². The molecule has 0 radical (unpaired) electrons. The second-order valence-electron chi connectivity index (χ2n) is 4.29. The summed E-state index contributed by atoms with van der Waals surface area (Å²) in [6, 6.07) is 2.47. The van der Waals surface area contributed by atoms with Crippen LogP contribution in [0.4, 0.5) is 0 Å². The SMILES string of the molecule is CCCCN(C)C(=O)c1cc(Cl)c(Cl)c(S(=O)(=O)Cl)c1. The van der Waals surface area contributed by atoms with E-state index in [0.29, 0.717) is 6.54 Å². The zero-order chi connectivity index (χ0) is 15.5. The highest BCUT2D eigenvalue weighted by molar-refractivity contribution is 8.13. The fourth-order valence-corrected chi connectivity index (χ4v) is 3.35. The van der Waals surface area contributed by atoms with Crippen molar-refractivity contribution in [3.63, 3.8) is 0 Å². The van der Waals surface area contributed by atoms with Gasteiger partial charge in [-0.1, -0.05) is 36.5 Å². The first kappa shape index (κ1) is 17.6. The summed E-state index contributed by atoms with van der Waals surface area (Å²) < 4.78 is 22.8. The molecule has 20 heavy (non-hydrogen) atoms. The number of carbonyl (C=O) groups is 1. The molecule has 1 rings (SSSR count). The number of carbonyl (C=O) groups excluding carboxylic acids is 1. The Bertz CT molecular complexity index is 617. The Morgan fingerprint density at radius 3 is 2.40 bits per heavy atom. The van der Waals surface area contributed by atoms with E-state index >= 15 is 0 Å². The lowest BCUT2D eigenvalue weighted by molar-refractivity contribution is 0.0793. The van der Waals surface area contributed by atoms with Gasteiger partial charge in [-0.3, -0.25) is 4.79 Å². The number of nitrogens with zero attached hydrogens (tertiary/aromatic N) is 1. The molecule has 0 aliphatic heterocycles. The summed E-state index contributed by atoms with van der Waals surface area (Å²) in [5.41, 5.74) is 0.136. The van der Waals surface area contributed by atoms with Crippen LogP contribution in [0.3, 0.4) is 0 Å². The van der Waals surface area contributed by atoms with Crippen LogP contribution in [0.15, 0.2) is 17.0 Å². The van der Waals surface area contributed by atoms with Gasteiger partial charge in [0.2, 0.25) is 0 Å². The topological polar surface area (TPSA) is 54.5 Å². The zero-order valence-electron chi connectivity index (χ0n) is 11.0. The van der Waals surface area contributed by atoms with Gasteiger partial charge < -0.3 is 4.90 Å². The molecular weight excluding hydrogens is 345 g/mol. The van der Waals surface area contributed by atoms with Crippen molar-refractivity contribution in [3.8, 4) is 0 Å². The van der Waals surface area contributed by atoms with Crippen molar-refractivity contribution in [2.45, 2.75) is 24.7 Å². The molecule has 0 aliphatic carbocycles. The Morgan fingerprint density at radius 2 is 1.90 bits per heavy atom. The molecule has 1 aromatic carbocycles. The lowest BCUT2D eigenvalue weighted by Gasteiger charge is -2.17. The van der Waals surface area contributed by atoms with E-state index < -0.39 is 9.05 Å². The van der Waals surface area contributed by atoms with Crippen molar-refractivity contribution < 1.29 is 13.2 Å². The second-order valence-corrected chi connectivity index (χ2v) is 7.61. The van der Waals surface area contributed by atoms with E-state index in [1.165, 1.54) is 11.0 Å². The van der Waals surface area contributed by atoms with Gasteiger partial charge in [-0.05, 0) is 18.6 Å². The molecule has 0 aliphatic rings. The molecule has 4 nitrogen and oxygen atoms in total. The number of unbranched alkanes of at least 4 members (excludes halogenated alkanes) is 1. The molecule has 0 fully saturated rings. The number of amides is 1. The van der Waals surface area contributed by atoms with Crippen LogP contribution in [0.1, 0.15) is 30.1 Å². The zero-order valence-corrected chi connectivity index (χ0v) is 14.1.